The minimum atomic E-state index is 0.0840. The van der Waals surface area contributed by atoms with Crippen LogP contribution in [0.25, 0.3) is 10.9 Å². The lowest BCUT2D eigenvalue weighted by Crippen LogP contribution is -2.29. The highest BCUT2D eigenvalue weighted by molar-refractivity contribution is 6.40. The third-order valence-electron chi connectivity index (χ3n) is 5.23. The van der Waals surface area contributed by atoms with Crippen molar-refractivity contribution < 1.29 is 4.79 Å². The van der Waals surface area contributed by atoms with Crippen molar-refractivity contribution in [2.24, 2.45) is 5.92 Å². The molecule has 3 rings (SSSR count). The molecule has 1 fully saturated rings. The van der Waals surface area contributed by atoms with Gasteiger partial charge in [-0.25, -0.2) is 0 Å². The Balaban J connectivity index is 1.78. The van der Waals surface area contributed by atoms with Gasteiger partial charge in [0.25, 0.3) is 5.91 Å². The molecule has 0 saturated heterocycles. The molecule has 23 heavy (non-hydrogen) atoms. The van der Waals surface area contributed by atoms with Crippen molar-refractivity contribution in [1.29, 1.82) is 0 Å². The van der Waals surface area contributed by atoms with Gasteiger partial charge < -0.3 is 9.88 Å². The second-order valence-corrected chi connectivity index (χ2v) is 6.87. The van der Waals surface area contributed by atoms with Gasteiger partial charge in [0.05, 0.1) is 5.56 Å². The van der Waals surface area contributed by atoms with E-state index in [0.29, 0.717) is 5.92 Å². The predicted octanol–water partition coefficient (Wildman–Crippen LogP) is 2.62. The van der Waals surface area contributed by atoms with Gasteiger partial charge in [0, 0.05) is 30.2 Å². The van der Waals surface area contributed by atoms with E-state index < -0.39 is 0 Å². The van der Waals surface area contributed by atoms with Crippen molar-refractivity contribution in [2.45, 2.75) is 52.0 Å². The number of carbonyl (C=O) groups is 1. The third kappa shape index (κ3) is 3.46. The van der Waals surface area contributed by atoms with Gasteiger partial charge in [-0.15, -0.1) is 0 Å². The number of hydrogen-bond acceptors (Lipinski definition) is 1. The van der Waals surface area contributed by atoms with Crippen LogP contribution in [-0.4, -0.2) is 24.9 Å². The molecule has 1 aromatic heterocycles. The van der Waals surface area contributed by atoms with Gasteiger partial charge in [-0.05, 0) is 31.7 Å². The van der Waals surface area contributed by atoms with Gasteiger partial charge in [0.2, 0.25) is 0 Å². The van der Waals surface area contributed by atoms with Crippen LogP contribution in [0.2, 0.25) is 0 Å². The van der Waals surface area contributed by atoms with Crippen LogP contribution in [0.1, 0.15) is 55.8 Å². The van der Waals surface area contributed by atoms with Crippen LogP contribution in [0.4, 0.5) is 0 Å². The molecular formula is C19H27BN2O. The maximum absolute atomic E-state index is 12.7. The summed E-state index contributed by atoms with van der Waals surface area (Å²) in [6.07, 6.45) is 9.87. The molecule has 0 unspecified atom stereocenters. The molecule has 0 spiro atoms. The van der Waals surface area contributed by atoms with E-state index in [1.54, 1.807) is 0 Å². The van der Waals surface area contributed by atoms with E-state index in [2.05, 4.69) is 42.9 Å². The fraction of sp³-hybridized carbons (Fsp3) is 0.526. The second-order valence-electron chi connectivity index (χ2n) is 6.87. The van der Waals surface area contributed by atoms with E-state index in [1.807, 2.05) is 6.20 Å². The van der Waals surface area contributed by atoms with E-state index in [-0.39, 0.29) is 5.91 Å². The van der Waals surface area contributed by atoms with Crippen molar-refractivity contribution in [2.75, 3.05) is 6.54 Å². The van der Waals surface area contributed by atoms with Crippen molar-refractivity contribution >= 4 is 30.1 Å². The first-order chi connectivity index (χ1) is 11.2. The molecule has 0 atom stereocenters. The maximum Gasteiger partial charge on any atom is 0.253 e. The van der Waals surface area contributed by atoms with E-state index >= 15 is 0 Å². The van der Waals surface area contributed by atoms with Gasteiger partial charge in [0.15, 0.2) is 0 Å². The number of aromatic nitrogens is 1. The number of benzene rings is 1. The number of carbonyl (C=O) groups excluding carboxylic acids is 1. The van der Waals surface area contributed by atoms with Crippen LogP contribution in [0.5, 0.6) is 0 Å². The SMILES string of the molecule is Bc1cccc2c1c(C(=O)NCC1CCCCCC1)cn2CC. The number of nitrogens with zero attached hydrogens (tertiary/aromatic N) is 1. The number of rotatable bonds is 4. The van der Waals surface area contributed by atoms with Crippen molar-refractivity contribution in [3.8, 4) is 0 Å². The smallest absolute Gasteiger partial charge is 0.253 e. The van der Waals surface area contributed by atoms with E-state index in [9.17, 15) is 4.79 Å². The minimum Gasteiger partial charge on any atom is -0.352 e. The van der Waals surface area contributed by atoms with Crippen LogP contribution < -0.4 is 10.8 Å². The summed E-state index contributed by atoms with van der Waals surface area (Å²) in [5.41, 5.74) is 3.16. The first-order valence-corrected chi connectivity index (χ1v) is 9.07. The molecule has 1 aliphatic carbocycles. The maximum atomic E-state index is 12.7. The molecule has 1 aromatic carbocycles. The summed E-state index contributed by atoms with van der Waals surface area (Å²) >= 11 is 0. The average molecular weight is 310 g/mol. The Morgan fingerprint density at radius 2 is 2.00 bits per heavy atom. The van der Waals surface area contributed by atoms with Gasteiger partial charge in [0.1, 0.15) is 7.85 Å². The number of nitrogens with one attached hydrogen (secondary N) is 1. The molecule has 0 aliphatic heterocycles. The monoisotopic (exact) mass is 310 g/mol. The Kier molecular flexibility index (Phi) is 5.09. The molecular weight excluding hydrogens is 283 g/mol. The fourth-order valence-corrected chi connectivity index (χ4v) is 3.87. The van der Waals surface area contributed by atoms with Crippen molar-refractivity contribution in [1.82, 2.24) is 9.88 Å². The van der Waals surface area contributed by atoms with E-state index in [0.717, 1.165) is 29.6 Å². The summed E-state index contributed by atoms with van der Waals surface area (Å²) in [4.78, 5) is 12.7. The average Bonchev–Trinajstić information content (AvgIpc) is 2.75. The molecule has 1 aliphatic rings. The largest absolute Gasteiger partial charge is 0.352 e. The summed E-state index contributed by atoms with van der Waals surface area (Å²) in [5.74, 6) is 0.739. The van der Waals surface area contributed by atoms with Crippen LogP contribution in [0.3, 0.4) is 0 Å². The summed E-state index contributed by atoms with van der Waals surface area (Å²) in [5, 5.41) is 4.31. The van der Waals surface area contributed by atoms with Crippen LogP contribution in [0, 0.1) is 5.92 Å². The Labute approximate surface area is 139 Å². The summed E-state index contributed by atoms with van der Waals surface area (Å²) < 4.78 is 2.17. The number of fused-ring (bicyclic) bond motifs is 1. The molecule has 0 bridgehead atoms. The molecule has 2 aromatic rings. The van der Waals surface area contributed by atoms with Gasteiger partial charge in [-0.3, -0.25) is 4.79 Å². The Morgan fingerprint density at radius 3 is 2.70 bits per heavy atom. The zero-order valence-electron chi connectivity index (χ0n) is 14.4. The number of amides is 1. The quantitative estimate of drug-likeness (QED) is 0.683. The summed E-state index contributed by atoms with van der Waals surface area (Å²) in [6, 6.07) is 6.26. The highest BCUT2D eigenvalue weighted by Crippen LogP contribution is 2.23. The number of aryl methyl sites for hydroxylation is 1. The third-order valence-corrected chi connectivity index (χ3v) is 5.23. The highest BCUT2D eigenvalue weighted by atomic mass is 16.1. The normalized spacial score (nSPS) is 16.4. The lowest BCUT2D eigenvalue weighted by atomic mass is 9.90. The van der Waals surface area contributed by atoms with Crippen molar-refractivity contribution in [3.05, 3.63) is 30.0 Å². The molecule has 3 nitrogen and oxygen atoms in total. The summed E-state index contributed by atoms with van der Waals surface area (Å²) in [6.45, 7) is 3.83. The molecule has 1 heterocycles. The first-order valence-electron chi connectivity index (χ1n) is 9.07. The topological polar surface area (TPSA) is 34.0 Å². The van der Waals surface area contributed by atoms with Crippen molar-refractivity contribution in [3.63, 3.8) is 0 Å². The highest BCUT2D eigenvalue weighted by Gasteiger charge is 2.18. The summed E-state index contributed by atoms with van der Waals surface area (Å²) in [7, 11) is 2.09. The van der Waals surface area contributed by atoms with Gasteiger partial charge in [-0.1, -0.05) is 43.3 Å². The van der Waals surface area contributed by atoms with Crippen LogP contribution in [-0.2, 0) is 6.54 Å². The lowest BCUT2D eigenvalue weighted by Gasteiger charge is -2.14. The molecule has 122 valence electrons. The molecule has 1 N–H and O–H groups in total. The molecule has 4 heteroatoms. The Hall–Kier alpha value is -1.71. The molecule has 0 radical (unpaired) electrons. The van der Waals surface area contributed by atoms with Crippen LogP contribution in [0.15, 0.2) is 24.4 Å². The first kappa shape index (κ1) is 16.2. The van der Waals surface area contributed by atoms with Gasteiger partial charge >= 0.3 is 0 Å². The Bertz CT molecular complexity index is 684. The zero-order chi connectivity index (χ0) is 16.2. The molecule has 1 amide bonds. The van der Waals surface area contributed by atoms with Gasteiger partial charge in [-0.2, -0.15) is 0 Å². The van der Waals surface area contributed by atoms with Crippen LogP contribution >= 0.6 is 0 Å². The zero-order valence-corrected chi connectivity index (χ0v) is 14.4. The van der Waals surface area contributed by atoms with E-state index in [1.165, 1.54) is 44.0 Å². The standard InChI is InChI=1S/C19H27BN2O/c1-2-22-13-15(18-16(20)10-7-11-17(18)22)19(23)21-12-14-8-5-3-4-6-9-14/h7,10-11,13-14H,2-6,8-9,12,20H2,1H3,(H,21,23). The predicted molar refractivity (Wildman–Crippen MR) is 99.3 cm³/mol. The fourth-order valence-electron chi connectivity index (χ4n) is 3.87. The second kappa shape index (κ2) is 7.24. The lowest BCUT2D eigenvalue weighted by molar-refractivity contribution is 0.0947. The molecule has 1 saturated carbocycles. The van der Waals surface area contributed by atoms with E-state index in [4.69, 9.17) is 0 Å². The minimum absolute atomic E-state index is 0.0840. The Morgan fingerprint density at radius 1 is 1.26 bits per heavy atom. The number of hydrogen-bond donors (Lipinski definition) is 1.